The van der Waals surface area contributed by atoms with E-state index in [1.807, 2.05) is 42.5 Å². The summed E-state index contributed by atoms with van der Waals surface area (Å²) < 4.78 is 55.1. The van der Waals surface area contributed by atoms with Gasteiger partial charge < -0.3 is 24.2 Å². The van der Waals surface area contributed by atoms with E-state index in [1.165, 1.54) is 77.2 Å². The van der Waals surface area contributed by atoms with Crippen LogP contribution in [0.4, 0.5) is 17.6 Å². The number of oxime groups is 5. The zero-order valence-corrected chi connectivity index (χ0v) is 42.7. The fourth-order valence-corrected chi connectivity index (χ4v) is 6.23. The zero-order chi connectivity index (χ0) is 47.7. The molecule has 10 nitrogen and oxygen atoms in total. The first kappa shape index (κ1) is 57.4. The highest BCUT2D eigenvalue weighted by molar-refractivity contribution is 9.13. The number of benzene rings is 5. The number of hydrogen-bond donors (Lipinski definition) is 0. The molecule has 344 valence electrons. The average Bonchev–Trinajstić information content (AvgIpc) is 3.27. The van der Waals surface area contributed by atoms with Crippen LogP contribution in [-0.4, -0.2) is 66.1 Å². The lowest BCUT2D eigenvalue weighted by Gasteiger charge is -2.00. The molecular formula is C45H46Br4ClF4N5O5. The molecule has 19 heteroatoms. The highest BCUT2D eigenvalue weighted by Crippen LogP contribution is 2.24. The second-order valence-corrected chi connectivity index (χ2v) is 15.8. The monoisotopic (exact) mass is 1160 g/mol. The van der Waals surface area contributed by atoms with E-state index in [2.05, 4.69) is 114 Å². The van der Waals surface area contributed by atoms with Gasteiger partial charge in [-0.25, -0.2) is 17.6 Å². The van der Waals surface area contributed by atoms with Gasteiger partial charge in [0.05, 0.1) is 10.7 Å². The van der Waals surface area contributed by atoms with Gasteiger partial charge in [0.25, 0.3) is 0 Å². The summed E-state index contributed by atoms with van der Waals surface area (Å²) in [6.07, 6.45) is 8.87. The smallest absolute Gasteiger partial charge is 0.142 e. The molecule has 0 heterocycles. The van der Waals surface area contributed by atoms with Crippen molar-refractivity contribution in [2.24, 2.45) is 25.8 Å². The lowest BCUT2D eigenvalue weighted by Crippen LogP contribution is -1.96. The van der Waals surface area contributed by atoms with E-state index in [4.69, 9.17) is 11.6 Å². The minimum atomic E-state index is -0.456. The van der Waals surface area contributed by atoms with Crippen molar-refractivity contribution in [2.75, 3.05) is 35.5 Å². The van der Waals surface area contributed by atoms with Gasteiger partial charge in [-0.3, -0.25) is 0 Å². The molecule has 0 N–H and O–H groups in total. The van der Waals surface area contributed by atoms with Gasteiger partial charge in [-0.15, -0.1) is 0 Å². The largest absolute Gasteiger partial charge is 0.399 e. The maximum atomic E-state index is 13.0. The minimum absolute atomic E-state index is 0.106. The normalized spacial score (nSPS) is 10.8. The SMILES string of the molecule is CON=C(C)c1ccc(Cl)c(F)c1.CON=CCc1cc(F)ccc1F.CON=CCc1ccc(Br)c(Br)c1.CON=CCc1ccc(F)cc1Br.CON=CCc1ccccc1Br. The molecule has 5 rings (SSSR count). The van der Waals surface area contributed by atoms with Crippen LogP contribution in [0.5, 0.6) is 0 Å². The zero-order valence-electron chi connectivity index (χ0n) is 35.6. The Labute approximate surface area is 409 Å². The predicted molar refractivity (Wildman–Crippen MR) is 264 cm³/mol. The molecule has 64 heavy (non-hydrogen) atoms. The van der Waals surface area contributed by atoms with Gasteiger partial charge in [-0.05, 0) is 122 Å². The molecule has 0 aliphatic rings. The van der Waals surface area contributed by atoms with Gasteiger partial charge in [-0.2, -0.15) is 0 Å². The maximum Gasteiger partial charge on any atom is 0.142 e. The van der Waals surface area contributed by atoms with Crippen molar-refractivity contribution in [1.29, 1.82) is 0 Å². The third kappa shape index (κ3) is 25.0. The van der Waals surface area contributed by atoms with Gasteiger partial charge >= 0.3 is 0 Å². The lowest BCUT2D eigenvalue weighted by atomic mass is 10.1. The molecule has 0 saturated carbocycles. The Hall–Kier alpha value is -4.62. The Kier molecular flexibility index (Phi) is 31.2. The number of rotatable bonds is 14. The van der Waals surface area contributed by atoms with Crippen LogP contribution in [0.15, 0.2) is 141 Å². The molecule has 5 aromatic carbocycles. The van der Waals surface area contributed by atoms with Gasteiger partial charge in [0, 0.05) is 74.0 Å². The fraction of sp³-hybridized carbons (Fsp3) is 0.222. The van der Waals surface area contributed by atoms with Gasteiger partial charge in [-0.1, -0.05) is 106 Å². The van der Waals surface area contributed by atoms with Gasteiger partial charge in [0.2, 0.25) is 0 Å². The fourth-order valence-electron chi connectivity index (χ4n) is 4.48. The summed E-state index contributed by atoms with van der Waals surface area (Å²) in [5.41, 5.74) is 4.90. The number of nitrogens with zero attached hydrogens (tertiary/aromatic N) is 5. The van der Waals surface area contributed by atoms with Crippen molar-refractivity contribution in [1.82, 2.24) is 0 Å². The predicted octanol–water partition coefficient (Wildman–Crippen LogP) is 13.8. The molecule has 5 aromatic rings. The molecule has 0 aromatic heterocycles. The van der Waals surface area contributed by atoms with Crippen molar-refractivity contribution in [2.45, 2.75) is 32.6 Å². The van der Waals surface area contributed by atoms with Crippen LogP contribution in [0.1, 0.15) is 34.7 Å². The Morgan fingerprint density at radius 3 is 1.56 bits per heavy atom. The molecule has 0 atom stereocenters. The summed E-state index contributed by atoms with van der Waals surface area (Å²) in [6.45, 7) is 1.73. The molecule has 0 fully saturated rings. The molecule has 0 saturated heterocycles. The summed E-state index contributed by atoms with van der Waals surface area (Å²) in [4.78, 5) is 22.6. The van der Waals surface area contributed by atoms with E-state index in [9.17, 15) is 17.6 Å². The first-order valence-corrected chi connectivity index (χ1v) is 22.0. The summed E-state index contributed by atoms with van der Waals surface area (Å²) in [7, 11) is 7.38. The van der Waals surface area contributed by atoms with E-state index in [0.29, 0.717) is 17.7 Å². The molecule has 0 radical (unpaired) electrons. The first-order chi connectivity index (χ1) is 30.7. The van der Waals surface area contributed by atoms with E-state index in [0.717, 1.165) is 54.5 Å². The Balaban J connectivity index is 0.000000400. The summed E-state index contributed by atoms with van der Waals surface area (Å²) >= 11 is 19.1. The van der Waals surface area contributed by atoms with Crippen molar-refractivity contribution < 1.29 is 41.7 Å². The van der Waals surface area contributed by atoms with Crippen LogP contribution in [0.25, 0.3) is 0 Å². The van der Waals surface area contributed by atoms with E-state index < -0.39 is 17.5 Å². The van der Waals surface area contributed by atoms with Crippen LogP contribution in [0, 0.1) is 23.3 Å². The van der Waals surface area contributed by atoms with Crippen LogP contribution in [0.2, 0.25) is 5.02 Å². The molecule has 0 amide bonds. The van der Waals surface area contributed by atoms with Gasteiger partial charge in [0.1, 0.15) is 58.8 Å². The Morgan fingerprint density at radius 2 is 1.03 bits per heavy atom. The molecule has 0 aliphatic carbocycles. The summed E-state index contributed by atoms with van der Waals surface area (Å²) in [5, 5.41) is 18.1. The van der Waals surface area contributed by atoms with Crippen molar-refractivity contribution in [3.8, 4) is 0 Å². The van der Waals surface area contributed by atoms with Gasteiger partial charge in [0.15, 0.2) is 0 Å². The molecule has 0 aliphatic heterocycles. The highest BCUT2D eigenvalue weighted by Gasteiger charge is 2.04. The van der Waals surface area contributed by atoms with Crippen molar-refractivity contribution in [3.05, 3.63) is 171 Å². The minimum Gasteiger partial charge on any atom is -0.399 e. The molecule has 0 bridgehead atoms. The van der Waals surface area contributed by atoms with Crippen LogP contribution >= 0.6 is 75.3 Å². The quantitative estimate of drug-likeness (QED) is 0.0625. The highest BCUT2D eigenvalue weighted by atomic mass is 79.9. The molecule has 0 unspecified atom stereocenters. The summed E-state index contributed by atoms with van der Waals surface area (Å²) in [6, 6.07) is 26.5. The second-order valence-electron chi connectivity index (χ2n) is 12.0. The maximum absolute atomic E-state index is 13.0. The van der Waals surface area contributed by atoms with Crippen molar-refractivity contribution >= 4 is 106 Å². The number of hydrogen-bond acceptors (Lipinski definition) is 10. The first-order valence-electron chi connectivity index (χ1n) is 18.5. The third-order valence-electron chi connectivity index (χ3n) is 7.51. The lowest BCUT2D eigenvalue weighted by molar-refractivity contribution is 0.213. The Bertz CT molecular complexity index is 2290. The summed E-state index contributed by atoms with van der Waals surface area (Å²) in [5.74, 6) is -1.60. The second kappa shape index (κ2) is 34.7. The Morgan fingerprint density at radius 1 is 0.500 bits per heavy atom. The van der Waals surface area contributed by atoms with E-state index in [1.54, 1.807) is 37.7 Å². The average molecular weight is 1170 g/mol. The van der Waals surface area contributed by atoms with E-state index >= 15 is 0 Å². The molecule has 0 spiro atoms. The van der Waals surface area contributed by atoms with Crippen LogP contribution < -0.4 is 0 Å². The van der Waals surface area contributed by atoms with E-state index in [-0.39, 0.29) is 22.8 Å². The molecular weight excluding hydrogens is 1120 g/mol. The number of halogens is 9. The van der Waals surface area contributed by atoms with Crippen LogP contribution in [-0.2, 0) is 49.9 Å². The third-order valence-corrected chi connectivity index (χ3v) is 11.2. The van der Waals surface area contributed by atoms with Crippen molar-refractivity contribution in [3.63, 3.8) is 0 Å². The standard InChI is InChI=1S/C9H9Br2NO.C9H9BrFNO.C9H10BrNO.C9H9ClFNO.C9H9F2NO/c1-13-12-5-4-7-2-3-8(10)9(11)6-7;1-13-12-5-4-7-2-3-8(11)6-9(7)10;1-12-11-7-6-8-4-2-3-5-9(8)10;1-6(12-13-2)7-3-4-8(10)9(11)5-7;1-13-12-5-4-7-6-8(10)2-3-9(7)11/h2*2-3,5-6H,4H2,1H3;2-5,7H,6H2,1H3;3-5H,1-2H3;2-3,5-6H,4H2,1H3. The van der Waals surface area contributed by atoms with Crippen LogP contribution in [0.3, 0.4) is 0 Å². The topological polar surface area (TPSA) is 108 Å².